The fourth-order valence-corrected chi connectivity index (χ4v) is 10.6. The third-order valence-electron chi connectivity index (χ3n) is 10.4. The minimum atomic E-state index is 1.22. The van der Waals surface area contributed by atoms with Gasteiger partial charge in [-0.3, -0.25) is 0 Å². The zero-order valence-electron chi connectivity index (χ0n) is 27.5. The van der Waals surface area contributed by atoms with Crippen molar-refractivity contribution >= 4 is 84.8 Å². The SMILES string of the molecule is c1ccc(-c2ccc3c(c2)c2ccccc2n3-c2cccc3c2sc2c(-c4ccccc4)cc(-c4cccc5c4sc4ccccc45)cc23)cc1. The Hall–Kier alpha value is -6.00. The van der Waals surface area contributed by atoms with Crippen LogP contribution in [0.2, 0.25) is 0 Å². The van der Waals surface area contributed by atoms with Crippen LogP contribution in [0.1, 0.15) is 0 Å². The maximum atomic E-state index is 2.48. The third-order valence-corrected chi connectivity index (χ3v) is 12.9. The van der Waals surface area contributed by atoms with Crippen LogP contribution in [-0.2, 0) is 0 Å². The maximum Gasteiger partial charge on any atom is 0.0640 e. The molecule has 3 heterocycles. The number of para-hydroxylation sites is 1. The van der Waals surface area contributed by atoms with E-state index < -0.39 is 0 Å². The van der Waals surface area contributed by atoms with Gasteiger partial charge < -0.3 is 4.57 Å². The Morgan fingerprint density at radius 1 is 0.314 bits per heavy atom. The van der Waals surface area contributed by atoms with Crippen LogP contribution < -0.4 is 0 Å². The van der Waals surface area contributed by atoms with Crippen LogP contribution in [0.25, 0.3) is 101 Å². The van der Waals surface area contributed by atoms with E-state index in [0.29, 0.717) is 0 Å². The van der Waals surface area contributed by atoms with Gasteiger partial charge in [0.25, 0.3) is 0 Å². The number of benzene rings is 8. The first-order valence-corrected chi connectivity index (χ1v) is 19.0. The Kier molecular flexibility index (Phi) is 6.36. The van der Waals surface area contributed by atoms with Gasteiger partial charge in [0, 0.05) is 52.0 Å². The minimum absolute atomic E-state index is 1.22. The van der Waals surface area contributed by atoms with Gasteiger partial charge >= 0.3 is 0 Å². The van der Waals surface area contributed by atoms with Crippen molar-refractivity contribution in [2.45, 2.75) is 0 Å². The van der Waals surface area contributed by atoms with E-state index in [1.54, 1.807) is 0 Å². The highest BCUT2D eigenvalue weighted by molar-refractivity contribution is 7.27. The summed E-state index contributed by atoms with van der Waals surface area (Å²) < 4.78 is 7.78. The van der Waals surface area contributed by atoms with Gasteiger partial charge in [-0.1, -0.05) is 133 Å². The number of hydrogen-bond donors (Lipinski definition) is 0. The summed E-state index contributed by atoms with van der Waals surface area (Å²) in [6.45, 7) is 0. The van der Waals surface area contributed by atoms with Crippen molar-refractivity contribution in [1.82, 2.24) is 4.57 Å². The van der Waals surface area contributed by atoms with Crippen molar-refractivity contribution in [3.8, 4) is 39.1 Å². The van der Waals surface area contributed by atoms with Gasteiger partial charge in [-0.05, 0) is 70.3 Å². The van der Waals surface area contributed by atoms with Gasteiger partial charge in [0.2, 0.25) is 0 Å². The summed E-state index contributed by atoms with van der Waals surface area (Å²) in [5.41, 5.74) is 11.2. The van der Waals surface area contributed by atoms with Crippen molar-refractivity contribution in [1.29, 1.82) is 0 Å². The van der Waals surface area contributed by atoms with Crippen molar-refractivity contribution < 1.29 is 0 Å². The monoisotopic (exact) mass is 683 g/mol. The molecule has 0 unspecified atom stereocenters. The van der Waals surface area contributed by atoms with Crippen LogP contribution in [0, 0.1) is 0 Å². The summed E-state index contributed by atoms with van der Waals surface area (Å²) in [7, 11) is 0. The quantitative estimate of drug-likeness (QED) is 0.174. The molecule has 1 nitrogen and oxygen atoms in total. The molecule has 238 valence electrons. The average Bonchev–Trinajstić information content (AvgIpc) is 3.88. The number of nitrogens with zero attached hydrogens (tertiary/aromatic N) is 1. The lowest BCUT2D eigenvalue weighted by atomic mass is 9.95. The molecule has 0 fully saturated rings. The predicted molar refractivity (Wildman–Crippen MR) is 223 cm³/mol. The van der Waals surface area contributed by atoms with Gasteiger partial charge in [0.05, 0.1) is 21.4 Å². The van der Waals surface area contributed by atoms with Gasteiger partial charge in [0.1, 0.15) is 0 Å². The van der Waals surface area contributed by atoms with Crippen molar-refractivity contribution in [3.63, 3.8) is 0 Å². The molecular formula is C48H29NS2. The van der Waals surface area contributed by atoms with Crippen LogP contribution in [-0.4, -0.2) is 4.57 Å². The Morgan fingerprint density at radius 2 is 0.941 bits per heavy atom. The smallest absolute Gasteiger partial charge is 0.0640 e. The lowest BCUT2D eigenvalue weighted by Gasteiger charge is -2.10. The lowest BCUT2D eigenvalue weighted by molar-refractivity contribution is 1.20. The fourth-order valence-electron chi connectivity index (χ4n) is 8.07. The molecule has 3 heteroatoms. The molecule has 0 amide bonds. The van der Waals surface area contributed by atoms with E-state index in [9.17, 15) is 0 Å². The first-order chi connectivity index (χ1) is 25.3. The van der Waals surface area contributed by atoms with Gasteiger partial charge in [-0.25, -0.2) is 0 Å². The Labute approximate surface area is 302 Å². The standard InChI is InChI=1S/C48H29NS2/c1-3-13-30(14-4-1)32-25-26-43-40(27-32)35-17-7-9-22-42(35)49(43)44-23-12-21-38-41-29-33(28-39(47(41)51-48(38)44)31-15-5-2-6-16-31)34-19-11-20-37-36-18-8-10-24-45(36)50-46(34)37/h1-29H. The molecule has 0 saturated carbocycles. The summed E-state index contributed by atoms with van der Waals surface area (Å²) in [5, 5.41) is 7.80. The summed E-state index contributed by atoms with van der Waals surface area (Å²) >= 11 is 3.82. The zero-order chi connectivity index (χ0) is 33.5. The van der Waals surface area contributed by atoms with E-state index in [-0.39, 0.29) is 0 Å². The van der Waals surface area contributed by atoms with Crippen molar-refractivity contribution in [2.24, 2.45) is 0 Å². The summed E-state index contributed by atoms with van der Waals surface area (Å²) in [4.78, 5) is 0. The molecule has 0 aliphatic rings. The van der Waals surface area contributed by atoms with E-state index in [0.717, 1.165) is 0 Å². The number of aromatic nitrogens is 1. The van der Waals surface area contributed by atoms with E-state index in [1.807, 2.05) is 22.7 Å². The van der Waals surface area contributed by atoms with Crippen molar-refractivity contribution in [3.05, 3.63) is 176 Å². The number of fused-ring (bicyclic) bond motifs is 9. The van der Waals surface area contributed by atoms with Crippen LogP contribution in [0.5, 0.6) is 0 Å². The number of hydrogen-bond acceptors (Lipinski definition) is 2. The van der Waals surface area contributed by atoms with Crippen LogP contribution >= 0.6 is 22.7 Å². The largest absolute Gasteiger partial charge is 0.308 e. The second-order valence-electron chi connectivity index (χ2n) is 13.3. The summed E-state index contributed by atoms with van der Waals surface area (Å²) in [6, 6.07) is 64.7. The number of thiophene rings is 2. The Bertz CT molecular complexity index is 3130. The van der Waals surface area contributed by atoms with Crippen LogP contribution in [0.4, 0.5) is 0 Å². The first-order valence-electron chi connectivity index (χ1n) is 17.3. The summed E-state index contributed by atoms with van der Waals surface area (Å²) in [5.74, 6) is 0. The molecule has 8 aromatic carbocycles. The van der Waals surface area contributed by atoms with Crippen LogP contribution in [0.15, 0.2) is 176 Å². The molecule has 0 bridgehead atoms. The average molecular weight is 684 g/mol. The molecule has 51 heavy (non-hydrogen) atoms. The highest BCUT2D eigenvalue weighted by Gasteiger charge is 2.20. The molecule has 0 saturated heterocycles. The normalized spacial score (nSPS) is 11.9. The van der Waals surface area contributed by atoms with Gasteiger partial charge in [0.15, 0.2) is 0 Å². The fraction of sp³-hybridized carbons (Fsp3) is 0. The molecule has 0 N–H and O–H groups in total. The third kappa shape index (κ3) is 4.39. The predicted octanol–water partition coefficient (Wildman–Crippen LogP) is 14.5. The molecule has 0 spiro atoms. The molecule has 3 aromatic heterocycles. The van der Waals surface area contributed by atoms with E-state index in [2.05, 4.69) is 180 Å². The molecule has 0 aliphatic carbocycles. The lowest BCUT2D eigenvalue weighted by Crippen LogP contribution is -1.93. The van der Waals surface area contributed by atoms with Gasteiger partial charge in [-0.2, -0.15) is 0 Å². The van der Waals surface area contributed by atoms with E-state index in [4.69, 9.17) is 0 Å². The Morgan fingerprint density at radius 3 is 1.78 bits per heavy atom. The maximum absolute atomic E-state index is 2.48. The molecule has 11 rings (SSSR count). The van der Waals surface area contributed by atoms with E-state index >= 15 is 0 Å². The molecule has 11 aromatic rings. The van der Waals surface area contributed by atoms with Crippen molar-refractivity contribution in [2.75, 3.05) is 0 Å². The Balaban J connectivity index is 1.20. The van der Waals surface area contributed by atoms with E-state index in [1.165, 1.54) is 101 Å². The molecule has 0 radical (unpaired) electrons. The topological polar surface area (TPSA) is 4.93 Å². The summed E-state index contributed by atoms with van der Waals surface area (Å²) in [6.07, 6.45) is 0. The molecule has 0 aliphatic heterocycles. The second kappa shape index (κ2) is 11.3. The molecule has 0 atom stereocenters. The minimum Gasteiger partial charge on any atom is -0.308 e. The van der Waals surface area contributed by atoms with Crippen LogP contribution in [0.3, 0.4) is 0 Å². The number of rotatable bonds is 4. The highest BCUT2D eigenvalue weighted by atomic mass is 32.1. The highest BCUT2D eigenvalue weighted by Crippen LogP contribution is 2.48. The second-order valence-corrected chi connectivity index (χ2v) is 15.3. The zero-order valence-corrected chi connectivity index (χ0v) is 29.1. The first kappa shape index (κ1) is 28.8. The molecular weight excluding hydrogens is 655 g/mol. The van der Waals surface area contributed by atoms with Gasteiger partial charge in [-0.15, -0.1) is 22.7 Å².